The van der Waals surface area contributed by atoms with Crippen molar-refractivity contribution in [3.63, 3.8) is 0 Å². The highest BCUT2D eigenvalue weighted by Crippen LogP contribution is 2.14. The van der Waals surface area contributed by atoms with Gasteiger partial charge in [0.05, 0.1) is 0 Å². The van der Waals surface area contributed by atoms with Gasteiger partial charge < -0.3 is 5.32 Å². The highest BCUT2D eigenvalue weighted by Gasteiger charge is 2.15. The van der Waals surface area contributed by atoms with Gasteiger partial charge in [-0.3, -0.25) is 0 Å². The Hall–Kier alpha value is -0.820. The highest BCUT2D eigenvalue weighted by molar-refractivity contribution is 5.28. The third-order valence-electron chi connectivity index (χ3n) is 2.18. The van der Waals surface area contributed by atoms with Crippen molar-refractivity contribution in [3.8, 4) is 0 Å². The maximum Gasteiger partial charge on any atom is 0.0320 e. The zero-order valence-corrected chi connectivity index (χ0v) is 13.7. The lowest BCUT2D eigenvalue weighted by atomic mass is 10.1. The predicted octanol–water partition coefficient (Wildman–Crippen LogP) is 5.51. The molecule has 1 atom stereocenters. The summed E-state index contributed by atoms with van der Waals surface area (Å²) in [7, 11) is 0. The maximum absolute atomic E-state index is 3.82. The Morgan fingerprint density at radius 1 is 1.11 bits per heavy atom. The average molecular weight is 253 g/mol. The molecule has 108 valence electrons. The zero-order chi connectivity index (χ0) is 14.8. The molecule has 1 nitrogen and oxygen atoms in total. The molecule has 1 rings (SSSR count). The van der Waals surface area contributed by atoms with E-state index in [1.165, 1.54) is 18.4 Å². The average Bonchev–Trinajstić information content (AvgIpc) is 3.00. The van der Waals surface area contributed by atoms with E-state index >= 15 is 0 Å². The minimum absolute atomic E-state index is 0.540. The third-order valence-corrected chi connectivity index (χ3v) is 2.18. The van der Waals surface area contributed by atoms with Crippen LogP contribution < -0.4 is 5.32 Å². The van der Waals surface area contributed by atoms with Crippen LogP contribution in [0.5, 0.6) is 0 Å². The standard InChI is InChI=1S/C11H17N.3C2H6/c1-3-5-7-10(4-2)11-8-6-9-12-11;3*1-2/h3-5,7,11-12H,2,6,8-9H2,1H3;3*1-2H3/b5-3-,10-7+;;;. The molecule has 0 aromatic carbocycles. The van der Waals surface area contributed by atoms with E-state index in [2.05, 4.69) is 24.0 Å². The second kappa shape index (κ2) is 21.5. The van der Waals surface area contributed by atoms with Crippen molar-refractivity contribution in [1.82, 2.24) is 5.32 Å². The van der Waals surface area contributed by atoms with E-state index in [0.29, 0.717) is 6.04 Å². The molecule has 0 saturated carbocycles. The van der Waals surface area contributed by atoms with Crippen LogP contribution in [0.3, 0.4) is 0 Å². The van der Waals surface area contributed by atoms with Gasteiger partial charge >= 0.3 is 0 Å². The Bertz CT molecular complexity index is 196. The van der Waals surface area contributed by atoms with Crippen LogP contribution in [0.1, 0.15) is 61.3 Å². The smallest absolute Gasteiger partial charge is 0.0320 e. The van der Waals surface area contributed by atoms with E-state index in [1.54, 1.807) is 0 Å². The van der Waals surface area contributed by atoms with Gasteiger partial charge in [0.2, 0.25) is 0 Å². The fraction of sp³-hybridized carbons (Fsp3) is 0.647. The van der Waals surface area contributed by atoms with Crippen molar-refractivity contribution in [1.29, 1.82) is 0 Å². The minimum Gasteiger partial charge on any atom is -0.310 e. The van der Waals surface area contributed by atoms with Crippen molar-refractivity contribution < 1.29 is 0 Å². The maximum atomic E-state index is 3.82. The van der Waals surface area contributed by atoms with E-state index in [9.17, 15) is 0 Å². The van der Waals surface area contributed by atoms with Crippen LogP contribution in [0.25, 0.3) is 0 Å². The predicted molar refractivity (Wildman–Crippen MR) is 88.2 cm³/mol. The molecule has 0 bridgehead atoms. The van der Waals surface area contributed by atoms with Crippen LogP contribution in [-0.2, 0) is 0 Å². The Morgan fingerprint density at radius 2 is 1.67 bits per heavy atom. The minimum atomic E-state index is 0.540. The molecule has 1 heterocycles. The van der Waals surface area contributed by atoms with Gasteiger partial charge in [0.1, 0.15) is 0 Å². The first-order valence-corrected chi connectivity index (χ1v) is 7.57. The molecule has 1 heteroatoms. The van der Waals surface area contributed by atoms with Gasteiger partial charge in [-0.15, -0.1) is 0 Å². The van der Waals surface area contributed by atoms with Crippen LogP contribution >= 0.6 is 0 Å². The number of hydrogen-bond donors (Lipinski definition) is 1. The van der Waals surface area contributed by atoms with E-state index in [0.717, 1.165) is 6.54 Å². The summed E-state index contributed by atoms with van der Waals surface area (Å²) in [5.41, 5.74) is 1.31. The van der Waals surface area contributed by atoms with Crippen LogP contribution in [0.15, 0.2) is 36.5 Å². The molecule has 0 aromatic rings. The van der Waals surface area contributed by atoms with Crippen molar-refractivity contribution >= 4 is 0 Å². The SMILES string of the molecule is C=C/C(=C\C=C/C)C1CCCN1.CC.CC.CC. The lowest BCUT2D eigenvalue weighted by molar-refractivity contribution is 0.703. The van der Waals surface area contributed by atoms with Gasteiger partial charge in [0.15, 0.2) is 0 Å². The van der Waals surface area contributed by atoms with Gasteiger partial charge in [0, 0.05) is 6.04 Å². The van der Waals surface area contributed by atoms with Crippen molar-refractivity contribution in [2.75, 3.05) is 6.54 Å². The van der Waals surface area contributed by atoms with Gasteiger partial charge in [-0.05, 0) is 31.9 Å². The van der Waals surface area contributed by atoms with E-state index in [-0.39, 0.29) is 0 Å². The van der Waals surface area contributed by atoms with E-state index in [1.807, 2.05) is 60.6 Å². The van der Waals surface area contributed by atoms with Gasteiger partial charge in [-0.1, -0.05) is 72.4 Å². The quantitative estimate of drug-likeness (QED) is 0.654. The molecular formula is C17H35N. The summed E-state index contributed by atoms with van der Waals surface area (Å²) in [6.07, 6.45) is 10.7. The lowest BCUT2D eigenvalue weighted by Crippen LogP contribution is -2.22. The third kappa shape index (κ3) is 11.7. The Morgan fingerprint density at radius 3 is 2.00 bits per heavy atom. The summed E-state index contributed by atoms with van der Waals surface area (Å²) in [5, 5.41) is 3.44. The first-order valence-electron chi connectivity index (χ1n) is 7.57. The fourth-order valence-electron chi connectivity index (χ4n) is 1.50. The first-order chi connectivity index (χ1) is 8.88. The molecular weight excluding hydrogens is 218 g/mol. The summed E-state index contributed by atoms with van der Waals surface area (Å²) < 4.78 is 0. The van der Waals surface area contributed by atoms with Crippen molar-refractivity contribution in [2.45, 2.75) is 67.3 Å². The topological polar surface area (TPSA) is 12.0 Å². The van der Waals surface area contributed by atoms with Crippen molar-refractivity contribution in [2.24, 2.45) is 0 Å². The molecule has 1 aliphatic rings. The molecule has 18 heavy (non-hydrogen) atoms. The lowest BCUT2D eigenvalue weighted by Gasteiger charge is -2.09. The zero-order valence-electron chi connectivity index (χ0n) is 13.7. The molecule has 0 amide bonds. The number of hydrogen-bond acceptors (Lipinski definition) is 1. The number of nitrogens with one attached hydrogen (secondary N) is 1. The molecule has 0 radical (unpaired) electrons. The highest BCUT2D eigenvalue weighted by atomic mass is 14.9. The van der Waals surface area contributed by atoms with Gasteiger partial charge in [0.25, 0.3) is 0 Å². The van der Waals surface area contributed by atoms with Gasteiger partial charge in [-0.25, -0.2) is 0 Å². The van der Waals surface area contributed by atoms with Crippen molar-refractivity contribution in [3.05, 3.63) is 36.5 Å². The molecule has 0 aromatic heterocycles. The summed E-state index contributed by atoms with van der Waals surface area (Å²) >= 11 is 0. The fourth-order valence-corrected chi connectivity index (χ4v) is 1.50. The van der Waals surface area contributed by atoms with E-state index < -0.39 is 0 Å². The molecule has 1 N–H and O–H groups in total. The molecule has 1 aliphatic heterocycles. The summed E-state index contributed by atoms with van der Waals surface area (Å²) in [4.78, 5) is 0. The van der Waals surface area contributed by atoms with Gasteiger partial charge in [-0.2, -0.15) is 0 Å². The number of allylic oxidation sites excluding steroid dienone is 3. The van der Waals surface area contributed by atoms with Crippen LogP contribution in [0, 0.1) is 0 Å². The molecule has 0 spiro atoms. The normalized spacial score (nSPS) is 17.7. The Balaban J connectivity index is -0.000000328. The summed E-state index contributed by atoms with van der Waals surface area (Å²) in [6.45, 7) is 19.0. The largest absolute Gasteiger partial charge is 0.310 e. The summed E-state index contributed by atoms with van der Waals surface area (Å²) in [6, 6.07) is 0.540. The van der Waals surface area contributed by atoms with Crippen LogP contribution in [-0.4, -0.2) is 12.6 Å². The molecule has 0 aliphatic carbocycles. The molecule has 1 saturated heterocycles. The number of rotatable bonds is 3. The Kier molecular flexibility index (Phi) is 26.7. The van der Waals surface area contributed by atoms with Crippen LogP contribution in [0.2, 0.25) is 0 Å². The Labute approximate surface area is 116 Å². The summed E-state index contributed by atoms with van der Waals surface area (Å²) in [5.74, 6) is 0. The molecule has 1 fully saturated rings. The monoisotopic (exact) mass is 253 g/mol. The molecule has 1 unspecified atom stereocenters. The second-order valence-electron chi connectivity index (χ2n) is 3.05. The second-order valence-corrected chi connectivity index (χ2v) is 3.05. The first kappa shape index (κ1) is 22.4. The van der Waals surface area contributed by atoms with Crippen LogP contribution in [0.4, 0.5) is 0 Å². The van der Waals surface area contributed by atoms with E-state index in [4.69, 9.17) is 0 Å².